The monoisotopic (exact) mass is 227 g/mol. The summed E-state index contributed by atoms with van der Waals surface area (Å²) in [5, 5.41) is 14.0. The Morgan fingerprint density at radius 3 is 2.65 bits per heavy atom. The Bertz CT molecular complexity index is 674. The highest BCUT2D eigenvalue weighted by Gasteiger charge is 2.22. The molecular formula is C13H11N2O2+. The standard InChI is InChI=1S/C13H11N2O2/c1-9-13-12(17-14-9)8-7-11(15(13)16)10-5-3-2-4-6-10/h2-8,16H,1H3/q+1. The Morgan fingerprint density at radius 2 is 1.88 bits per heavy atom. The zero-order valence-electron chi connectivity index (χ0n) is 9.29. The van der Waals surface area contributed by atoms with Gasteiger partial charge in [0.15, 0.2) is 5.69 Å². The summed E-state index contributed by atoms with van der Waals surface area (Å²) in [4.78, 5) is 0. The van der Waals surface area contributed by atoms with Crippen LogP contribution in [0.1, 0.15) is 5.69 Å². The van der Waals surface area contributed by atoms with Crippen molar-refractivity contribution in [3.05, 3.63) is 48.2 Å². The number of pyridine rings is 1. The van der Waals surface area contributed by atoms with Gasteiger partial charge < -0.3 is 4.52 Å². The molecule has 0 bridgehead atoms. The van der Waals surface area contributed by atoms with E-state index in [1.165, 1.54) is 0 Å². The lowest BCUT2D eigenvalue weighted by Crippen LogP contribution is -2.33. The van der Waals surface area contributed by atoms with Gasteiger partial charge in [-0.2, -0.15) is 0 Å². The van der Waals surface area contributed by atoms with E-state index >= 15 is 0 Å². The molecule has 0 saturated carbocycles. The van der Waals surface area contributed by atoms with E-state index in [2.05, 4.69) is 5.16 Å². The average Bonchev–Trinajstić information content (AvgIpc) is 2.73. The lowest BCUT2D eigenvalue weighted by Gasteiger charge is -1.96. The van der Waals surface area contributed by atoms with Crippen LogP contribution in [0, 0.1) is 6.92 Å². The van der Waals surface area contributed by atoms with Gasteiger partial charge in [-0.15, -0.1) is 0 Å². The van der Waals surface area contributed by atoms with Crippen LogP contribution in [0.2, 0.25) is 0 Å². The first-order chi connectivity index (χ1) is 8.27. The van der Waals surface area contributed by atoms with E-state index in [1.807, 2.05) is 42.5 Å². The molecule has 0 amide bonds. The summed E-state index contributed by atoms with van der Waals surface area (Å²) in [5.41, 5.74) is 3.50. The molecule has 2 aromatic heterocycles. The van der Waals surface area contributed by atoms with Crippen molar-refractivity contribution < 1.29 is 14.5 Å². The second-order valence-electron chi connectivity index (χ2n) is 3.88. The molecule has 0 aliphatic carbocycles. The third-order valence-corrected chi connectivity index (χ3v) is 2.76. The van der Waals surface area contributed by atoms with Crippen molar-refractivity contribution in [3.8, 4) is 11.3 Å². The number of aryl methyl sites for hydroxylation is 1. The predicted molar refractivity (Wildman–Crippen MR) is 61.6 cm³/mol. The average molecular weight is 227 g/mol. The normalized spacial score (nSPS) is 10.9. The van der Waals surface area contributed by atoms with Crippen LogP contribution in [0.25, 0.3) is 22.4 Å². The van der Waals surface area contributed by atoms with Gasteiger partial charge in [0.2, 0.25) is 5.58 Å². The van der Waals surface area contributed by atoms with Crippen LogP contribution in [0.4, 0.5) is 0 Å². The zero-order chi connectivity index (χ0) is 11.8. The van der Waals surface area contributed by atoms with E-state index in [0.717, 1.165) is 10.3 Å². The highest BCUT2D eigenvalue weighted by Crippen LogP contribution is 2.20. The fourth-order valence-corrected chi connectivity index (χ4v) is 1.92. The van der Waals surface area contributed by atoms with Gasteiger partial charge in [-0.1, -0.05) is 23.4 Å². The Kier molecular flexibility index (Phi) is 2.08. The van der Waals surface area contributed by atoms with Gasteiger partial charge in [0, 0.05) is 10.8 Å². The molecule has 0 aliphatic rings. The van der Waals surface area contributed by atoms with Crippen molar-refractivity contribution in [2.75, 3.05) is 0 Å². The highest BCUT2D eigenvalue weighted by atomic mass is 16.5. The SMILES string of the molecule is Cc1noc2ccc(-c3ccccc3)[n+](O)c12. The molecule has 1 aromatic carbocycles. The van der Waals surface area contributed by atoms with Gasteiger partial charge in [0.05, 0.1) is 5.56 Å². The Balaban J connectivity index is 2.32. The minimum atomic E-state index is 0.574. The summed E-state index contributed by atoms with van der Waals surface area (Å²) in [6, 6.07) is 13.3. The predicted octanol–water partition coefficient (Wildman–Crippen LogP) is 2.33. The molecule has 0 saturated heterocycles. The van der Waals surface area contributed by atoms with Crippen molar-refractivity contribution in [1.29, 1.82) is 0 Å². The minimum Gasteiger partial charge on any atom is -0.349 e. The van der Waals surface area contributed by atoms with E-state index in [9.17, 15) is 5.21 Å². The number of rotatable bonds is 1. The maximum atomic E-state index is 10.2. The number of hydrogen-bond donors (Lipinski definition) is 1. The molecule has 0 radical (unpaired) electrons. The third kappa shape index (κ3) is 1.45. The summed E-state index contributed by atoms with van der Waals surface area (Å²) in [7, 11) is 0. The van der Waals surface area contributed by atoms with Crippen molar-refractivity contribution in [3.63, 3.8) is 0 Å². The number of hydrogen-bond acceptors (Lipinski definition) is 3. The van der Waals surface area contributed by atoms with Crippen molar-refractivity contribution >= 4 is 11.1 Å². The van der Waals surface area contributed by atoms with Crippen LogP contribution in [0.5, 0.6) is 0 Å². The maximum Gasteiger partial charge on any atom is 0.327 e. The summed E-state index contributed by atoms with van der Waals surface area (Å²) < 4.78 is 6.21. The topological polar surface area (TPSA) is 50.1 Å². The number of benzene rings is 1. The molecule has 84 valence electrons. The smallest absolute Gasteiger partial charge is 0.327 e. The van der Waals surface area contributed by atoms with E-state index in [0.29, 0.717) is 22.5 Å². The Labute approximate surface area is 97.7 Å². The van der Waals surface area contributed by atoms with E-state index in [1.54, 1.807) is 6.92 Å². The minimum absolute atomic E-state index is 0.574. The lowest BCUT2D eigenvalue weighted by molar-refractivity contribution is -0.876. The van der Waals surface area contributed by atoms with Crippen molar-refractivity contribution in [2.24, 2.45) is 0 Å². The van der Waals surface area contributed by atoms with Crippen LogP contribution in [0.3, 0.4) is 0 Å². The molecular weight excluding hydrogens is 216 g/mol. The lowest BCUT2D eigenvalue weighted by atomic mass is 10.1. The van der Waals surface area contributed by atoms with Gasteiger partial charge in [-0.05, 0) is 25.1 Å². The van der Waals surface area contributed by atoms with Gasteiger partial charge >= 0.3 is 5.52 Å². The molecule has 17 heavy (non-hydrogen) atoms. The van der Waals surface area contributed by atoms with Crippen molar-refractivity contribution in [2.45, 2.75) is 6.92 Å². The molecule has 0 atom stereocenters. The molecule has 0 fully saturated rings. The van der Waals surface area contributed by atoms with Gasteiger partial charge in [-0.3, -0.25) is 5.21 Å². The maximum absolute atomic E-state index is 10.2. The zero-order valence-corrected chi connectivity index (χ0v) is 9.29. The first kappa shape index (κ1) is 9.84. The highest BCUT2D eigenvalue weighted by molar-refractivity contribution is 5.73. The second-order valence-corrected chi connectivity index (χ2v) is 3.88. The quantitative estimate of drug-likeness (QED) is 0.512. The van der Waals surface area contributed by atoms with Gasteiger partial charge in [-0.25, -0.2) is 0 Å². The number of fused-ring (bicyclic) bond motifs is 1. The van der Waals surface area contributed by atoms with E-state index < -0.39 is 0 Å². The van der Waals surface area contributed by atoms with E-state index in [4.69, 9.17) is 4.52 Å². The molecule has 3 rings (SSSR count). The number of aromatic nitrogens is 2. The molecule has 2 heterocycles. The van der Waals surface area contributed by atoms with Crippen molar-refractivity contribution in [1.82, 2.24) is 5.16 Å². The molecule has 1 N–H and O–H groups in total. The van der Waals surface area contributed by atoms with Crippen LogP contribution < -0.4 is 4.73 Å². The van der Waals surface area contributed by atoms with Crippen LogP contribution in [-0.2, 0) is 0 Å². The van der Waals surface area contributed by atoms with Gasteiger partial charge in [0.1, 0.15) is 0 Å². The first-order valence-electron chi connectivity index (χ1n) is 5.33. The molecule has 0 spiro atoms. The molecule has 0 unspecified atom stereocenters. The summed E-state index contributed by atoms with van der Waals surface area (Å²) in [6.07, 6.45) is 0. The number of nitrogens with zero attached hydrogens (tertiary/aromatic N) is 2. The van der Waals surface area contributed by atoms with Crippen LogP contribution in [-0.4, -0.2) is 10.4 Å². The Morgan fingerprint density at radius 1 is 1.12 bits per heavy atom. The molecule has 0 aliphatic heterocycles. The van der Waals surface area contributed by atoms with E-state index in [-0.39, 0.29) is 0 Å². The fourth-order valence-electron chi connectivity index (χ4n) is 1.92. The molecule has 4 nitrogen and oxygen atoms in total. The third-order valence-electron chi connectivity index (χ3n) is 2.76. The Hall–Kier alpha value is -2.36. The van der Waals surface area contributed by atoms with Gasteiger partial charge in [0.25, 0.3) is 5.69 Å². The summed E-state index contributed by atoms with van der Waals surface area (Å²) in [5.74, 6) is 0. The summed E-state index contributed by atoms with van der Waals surface area (Å²) in [6.45, 7) is 1.80. The fraction of sp³-hybridized carbons (Fsp3) is 0.0769. The first-order valence-corrected chi connectivity index (χ1v) is 5.33. The van der Waals surface area contributed by atoms with Crippen LogP contribution in [0.15, 0.2) is 47.0 Å². The van der Waals surface area contributed by atoms with Crippen LogP contribution >= 0.6 is 0 Å². The largest absolute Gasteiger partial charge is 0.349 e. The molecule has 3 aromatic rings. The molecule has 4 heteroatoms. The second kappa shape index (κ2) is 3.59. The summed E-state index contributed by atoms with van der Waals surface area (Å²) >= 11 is 0.